The van der Waals surface area contributed by atoms with Gasteiger partial charge in [0.15, 0.2) is 5.16 Å². The van der Waals surface area contributed by atoms with Crippen molar-refractivity contribution < 1.29 is 4.79 Å². The summed E-state index contributed by atoms with van der Waals surface area (Å²) in [5.74, 6) is 1.48. The number of fused-ring (bicyclic) bond motifs is 1. The summed E-state index contributed by atoms with van der Waals surface area (Å²) in [6.07, 6.45) is 1.71. The highest BCUT2D eigenvalue weighted by molar-refractivity contribution is 7.99. The van der Waals surface area contributed by atoms with Crippen LogP contribution in [-0.4, -0.2) is 37.9 Å². The Kier molecular flexibility index (Phi) is 5.08. The van der Waals surface area contributed by atoms with Gasteiger partial charge >= 0.3 is 0 Å². The van der Waals surface area contributed by atoms with Crippen LogP contribution in [0.3, 0.4) is 0 Å². The van der Waals surface area contributed by atoms with Gasteiger partial charge in [0.05, 0.1) is 5.75 Å². The lowest BCUT2D eigenvalue weighted by Crippen LogP contribution is -2.37. The van der Waals surface area contributed by atoms with E-state index in [1.807, 2.05) is 28.6 Å². The lowest BCUT2D eigenvalue weighted by molar-refractivity contribution is -0.129. The van der Waals surface area contributed by atoms with Crippen LogP contribution in [0.5, 0.6) is 0 Å². The fourth-order valence-electron chi connectivity index (χ4n) is 3.12. The minimum Gasteiger partial charge on any atom is -0.337 e. The first kappa shape index (κ1) is 17.3. The first-order chi connectivity index (χ1) is 12.7. The van der Waals surface area contributed by atoms with Crippen molar-refractivity contribution in [2.75, 3.05) is 12.3 Å². The number of thioether (sulfide) groups is 1. The number of carbonyl (C=O) groups is 1. The molecule has 1 amide bonds. The number of hydrogen-bond donors (Lipinski definition) is 0. The minimum absolute atomic E-state index is 0.160. The predicted molar refractivity (Wildman–Crippen MR) is 104 cm³/mol. The summed E-state index contributed by atoms with van der Waals surface area (Å²) < 4.78 is 1.99. The van der Waals surface area contributed by atoms with Crippen LogP contribution in [-0.2, 0) is 31.2 Å². The normalized spacial score (nSPS) is 13.7. The molecule has 5 nitrogen and oxygen atoms in total. The summed E-state index contributed by atoms with van der Waals surface area (Å²) in [6, 6.07) is 12.5. The Morgan fingerprint density at radius 3 is 2.85 bits per heavy atom. The Morgan fingerprint density at radius 2 is 2.04 bits per heavy atom. The second-order valence-corrected chi connectivity index (χ2v) is 8.31. The van der Waals surface area contributed by atoms with Crippen LogP contribution in [0.2, 0.25) is 0 Å². The summed E-state index contributed by atoms with van der Waals surface area (Å²) >= 11 is 3.18. The Balaban J connectivity index is 1.36. The topological polar surface area (TPSA) is 51.0 Å². The minimum atomic E-state index is 0.160. The molecule has 0 spiro atoms. The molecule has 1 aliphatic rings. The van der Waals surface area contributed by atoms with Crippen LogP contribution in [0.1, 0.15) is 21.8 Å². The lowest BCUT2D eigenvalue weighted by Gasteiger charge is -2.28. The number of rotatable bonds is 5. The van der Waals surface area contributed by atoms with Gasteiger partial charge in [0.1, 0.15) is 5.82 Å². The molecule has 1 aromatic carbocycles. The smallest absolute Gasteiger partial charge is 0.233 e. The van der Waals surface area contributed by atoms with E-state index in [1.165, 1.54) is 27.8 Å². The van der Waals surface area contributed by atoms with Crippen LogP contribution >= 0.6 is 23.1 Å². The van der Waals surface area contributed by atoms with E-state index in [2.05, 4.69) is 39.8 Å². The van der Waals surface area contributed by atoms with Crippen molar-refractivity contribution >= 4 is 29.0 Å². The summed E-state index contributed by atoms with van der Waals surface area (Å²) in [5, 5.41) is 11.4. The number of nitrogens with zero attached hydrogens (tertiary/aromatic N) is 4. The molecule has 3 aromatic rings. The SMILES string of the molecule is Cn1c(Cc2cccs2)nnc1SCC(=O)N1CCc2ccccc2C1. The third kappa shape index (κ3) is 3.68. The zero-order chi connectivity index (χ0) is 17.9. The van der Waals surface area contributed by atoms with Gasteiger partial charge in [0, 0.05) is 31.4 Å². The zero-order valence-corrected chi connectivity index (χ0v) is 16.2. The van der Waals surface area contributed by atoms with Crippen LogP contribution < -0.4 is 0 Å². The molecule has 2 aromatic heterocycles. The van der Waals surface area contributed by atoms with Gasteiger partial charge in [-0.05, 0) is 29.0 Å². The number of hydrogen-bond acceptors (Lipinski definition) is 5. The highest BCUT2D eigenvalue weighted by atomic mass is 32.2. The molecule has 3 heterocycles. The lowest BCUT2D eigenvalue weighted by atomic mass is 10.00. The number of carbonyl (C=O) groups excluding carboxylic acids is 1. The van der Waals surface area contributed by atoms with Gasteiger partial charge in [-0.25, -0.2) is 0 Å². The molecular formula is C19H20N4OS2. The number of benzene rings is 1. The summed E-state index contributed by atoms with van der Waals surface area (Å²) in [6.45, 7) is 1.50. The van der Waals surface area contributed by atoms with Crippen molar-refractivity contribution in [1.82, 2.24) is 19.7 Å². The van der Waals surface area contributed by atoms with Crippen LogP contribution in [0, 0.1) is 0 Å². The van der Waals surface area contributed by atoms with Crippen LogP contribution in [0.25, 0.3) is 0 Å². The average Bonchev–Trinajstić information content (AvgIpc) is 3.30. The highest BCUT2D eigenvalue weighted by Crippen LogP contribution is 2.22. The predicted octanol–water partition coefficient (Wildman–Crippen LogP) is 3.14. The third-order valence-corrected chi connectivity index (χ3v) is 6.53. The van der Waals surface area contributed by atoms with E-state index in [1.54, 1.807) is 11.3 Å². The van der Waals surface area contributed by atoms with Gasteiger partial charge in [0.2, 0.25) is 5.91 Å². The molecule has 0 saturated carbocycles. The van der Waals surface area contributed by atoms with Crippen molar-refractivity contribution in [2.45, 2.75) is 24.5 Å². The summed E-state index contributed by atoms with van der Waals surface area (Å²) in [7, 11) is 1.97. The van der Waals surface area contributed by atoms with Gasteiger partial charge in [0.25, 0.3) is 0 Å². The molecule has 134 valence electrons. The van der Waals surface area contributed by atoms with Crippen LogP contribution in [0.15, 0.2) is 46.9 Å². The molecule has 0 N–H and O–H groups in total. The maximum atomic E-state index is 12.6. The molecule has 7 heteroatoms. The van der Waals surface area contributed by atoms with Crippen molar-refractivity contribution in [3.05, 3.63) is 63.6 Å². The third-order valence-electron chi connectivity index (χ3n) is 4.65. The van der Waals surface area contributed by atoms with E-state index in [0.717, 1.165) is 30.4 Å². The maximum absolute atomic E-state index is 12.6. The van der Waals surface area contributed by atoms with Gasteiger partial charge in [-0.15, -0.1) is 21.5 Å². The molecule has 0 radical (unpaired) electrons. The molecule has 0 aliphatic carbocycles. The first-order valence-electron chi connectivity index (χ1n) is 8.58. The zero-order valence-electron chi connectivity index (χ0n) is 14.6. The van der Waals surface area contributed by atoms with E-state index in [9.17, 15) is 4.79 Å². The van der Waals surface area contributed by atoms with E-state index in [0.29, 0.717) is 12.3 Å². The second kappa shape index (κ2) is 7.63. The Labute approximate surface area is 161 Å². The van der Waals surface area contributed by atoms with E-state index < -0.39 is 0 Å². The van der Waals surface area contributed by atoms with Gasteiger partial charge in [-0.3, -0.25) is 4.79 Å². The molecular weight excluding hydrogens is 364 g/mol. The number of amides is 1. The van der Waals surface area contributed by atoms with Crippen LogP contribution in [0.4, 0.5) is 0 Å². The van der Waals surface area contributed by atoms with E-state index in [4.69, 9.17) is 0 Å². The van der Waals surface area contributed by atoms with Crippen molar-refractivity contribution in [3.63, 3.8) is 0 Å². The first-order valence-corrected chi connectivity index (χ1v) is 10.5. The van der Waals surface area contributed by atoms with Crippen molar-refractivity contribution in [2.24, 2.45) is 7.05 Å². The van der Waals surface area contributed by atoms with Crippen molar-refractivity contribution in [1.29, 1.82) is 0 Å². The largest absolute Gasteiger partial charge is 0.337 e. The quantitative estimate of drug-likeness (QED) is 0.634. The monoisotopic (exact) mass is 384 g/mol. The number of thiophene rings is 1. The second-order valence-electron chi connectivity index (χ2n) is 6.34. The molecule has 26 heavy (non-hydrogen) atoms. The molecule has 0 bridgehead atoms. The summed E-state index contributed by atoms with van der Waals surface area (Å²) in [5.41, 5.74) is 2.62. The van der Waals surface area contributed by atoms with Gasteiger partial charge < -0.3 is 9.47 Å². The van der Waals surface area contributed by atoms with E-state index >= 15 is 0 Å². The standard InChI is InChI=1S/C19H20N4OS2/c1-22-17(11-16-7-4-10-25-16)20-21-19(22)26-13-18(24)23-9-8-14-5-2-3-6-15(14)12-23/h2-7,10H,8-9,11-13H2,1H3. The molecule has 0 unspecified atom stereocenters. The van der Waals surface area contributed by atoms with Gasteiger partial charge in [-0.2, -0.15) is 0 Å². The maximum Gasteiger partial charge on any atom is 0.233 e. The van der Waals surface area contributed by atoms with Gasteiger partial charge in [-0.1, -0.05) is 42.1 Å². The molecule has 0 saturated heterocycles. The molecule has 0 atom stereocenters. The Bertz CT molecular complexity index is 904. The molecule has 4 rings (SSSR count). The fraction of sp³-hybridized carbons (Fsp3) is 0.316. The highest BCUT2D eigenvalue weighted by Gasteiger charge is 2.21. The number of aromatic nitrogens is 3. The Hall–Kier alpha value is -2.12. The van der Waals surface area contributed by atoms with Crippen molar-refractivity contribution in [3.8, 4) is 0 Å². The molecule has 1 aliphatic heterocycles. The molecule has 0 fully saturated rings. The van der Waals surface area contributed by atoms with E-state index in [-0.39, 0.29) is 5.91 Å². The summed E-state index contributed by atoms with van der Waals surface area (Å²) in [4.78, 5) is 15.8. The fourth-order valence-corrected chi connectivity index (χ4v) is 4.65. The average molecular weight is 385 g/mol. The Morgan fingerprint density at radius 1 is 1.19 bits per heavy atom.